The first-order valence-corrected chi connectivity index (χ1v) is 5.76. The second-order valence-electron chi connectivity index (χ2n) is 4.30. The third kappa shape index (κ3) is 3.17. The van der Waals surface area contributed by atoms with Crippen molar-refractivity contribution in [3.63, 3.8) is 0 Å². The fourth-order valence-corrected chi connectivity index (χ4v) is 2.03. The molecule has 0 saturated heterocycles. The summed E-state index contributed by atoms with van der Waals surface area (Å²) in [5.74, 6) is 0. The zero-order chi connectivity index (χ0) is 12.0. The Bertz CT molecular complexity index is 281. The maximum atomic E-state index is 10.4. The SMILES string of the molecule is CCCC1=CCC(O)(COC)C(COC)=C1. The number of methoxy groups -OCH3 is 2. The van der Waals surface area contributed by atoms with Gasteiger partial charge in [-0.2, -0.15) is 0 Å². The van der Waals surface area contributed by atoms with E-state index >= 15 is 0 Å². The Balaban J connectivity index is 2.82. The zero-order valence-corrected chi connectivity index (χ0v) is 10.5. The van der Waals surface area contributed by atoms with E-state index in [2.05, 4.69) is 19.1 Å². The van der Waals surface area contributed by atoms with Crippen molar-refractivity contribution < 1.29 is 14.6 Å². The molecule has 0 fully saturated rings. The highest BCUT2D eigenvalue weighted by Crippen LogP contribution is 2.30. The summed E-state index contributed by atoms with van der Waals surface area (Å²) in [5, 5.41) is 10.4. The highest BCUT2D eigenvalue weighted by Gasteiger charge is 2.32. The predicted octanol–water partition coefficient (Wildman–Crippen LogP) is 2.07. The molecule has 0 radical (unpaired) electrons. The quantitative estimate of drug-likeness (QED) is 0.753. The van der Waals surface area contributed by atoms with Gasteiger partial charge in [-0.05, 0) is 12.0 Å². The van der Waals surface area contributed by atoms with Gasteiger partial charge in [-0.15, -0.1) is 0 Å². The van der Waals surface area contributed by atoms with E-state index in [1.807, 2.05) is 0 Å². The molecular formula is C13H22O3. The zero-order valence-electron chi connectivity index (χ0n) is 10.5. The molecule has 3 heteroatoms. The van der Waals surface area contributed by atoms with Gasteiger partial charge in [0.15, 0.2) is 0 Å². The topological polar surface area (TPSA) is 38.7 Å². The van der Waals surface area contributed by atoms with Crippen LogP contribution in [0, 0.1) is 0 Å². The number of aliphatic hydroxyl groups is 1. The Hall–Kier alpha value is -0.640. The first kappa shape index (κ1) is 13.4. The first-order chi connectivity index (χ1) is 7.66. The van der Waals surface area contributed by atoms with Crippen LogP contribution in [0.15, 0.2) is 23.3 Å². The van der Waals surface area contributed by atoms with Crippen molar-refractivity contribution >= 4 is 0 Å². The minimum atomic E-state index is -0.887. The van der Waals surface area contributed by atoms with Crippen molar-refractivity contribution in [1.82, 2.24) is 0 Å². The number of ether oxygens (including phenoxy) is 2. The van der Waals surface area contributed by atoms with Crippen LogP contribution >= 0.6 is 0 Å². The van der Waals surface area contributed by atoms with Crippen molar-refractivity contribution in [1.29, 1.82) is 0 Å². The van der Waals surface area contributed by atoms with Gasteiger partial charge >= 0.3 is 0 Å². The van der Waals surface area contributed by atoms with E-state index in [4.69, 9.17) is 9.47 Å². The molecule has 0 saturated carbocycles. The Morgan fingerprint density at radius 2 is 2.12 bits per heavy atom. The summed E-state index contributed by atoms with van der Waals surface area (Å²) >= 11 is 0. The minimum Gasteiger partial charge on any atom is -0.383 e. The average Bonchev–Trinajstić information content (AvgIpc) is 2.25. The molecule has 1 atom stereocenters. The van der Waals surface area contributed by atoms with E-state index < -0.39 is 5.60 Å². The molecule has 3 nitrogen and oxygen atoms in total. The van der Waals surface area contributed by atoms with Crippen LogP contribution in [0.3, 0.4) is 0 Å². The highest BCUT2D eigenvalue weighted by atomic mass is 16.5. The lowest BCUT2D eigenvalue weighted by Crippen LogP contribution is -2.39. The number of rotatable bonds is 6. The molecule has 92 valence electrons. The van der Waals surface area contributed by atoms with Gasteiger partial charge in [0, 0.05) is 20.6 Å². The molecule has 0 aliphatic heterocycles. The molecule has 1 N–H and O–H groups in total. The lowest BCUT2D eigenvalue weighted by atomic mass is 9.84. The summed E-state index contributed by atoms with van der Waals surface area (Å²) in [6.45, 7) is 2.93. The maximum Gasteiger partial charge on any atom is 0.115 e. The second-order valence-corrected chi connectivity index (χ2v) is 4.30. The molecule has 0 aromatic carbocycles. The van der Waals surface area contributed by atoms with Crippen LogP contribution < -0.4 is 0 Å². The molecule has 1 rings (SSSR count). The molecule has 1 aliphatic rings. The fourth-order valence-electron chi connectivity index (χ4n) is 2.03. The molecular weight excluding hydrogens is 204 g/mol. The van der Waals surface area contributed by atoms with Crippen molar-refractivity contribution in [2.24, 2.45) is 0 Å². The highest BCUT2D eigenvalue weighted by molar-refractivity contribution is 5.35. The molecule has 0 amide bonds. The van der Waals surface area contributed by atoms with Gasteiger partial charge in [-0.1, -0.05) is 31.1 Å². The Labute approximate surface area is 97.8 Å². The normalized spacial score (nSPS) is 25.2. The molecule has 0 bridgehead atoms. The van der Waals surface area contributed by atoms with E-state index in [9.17, 15) is 5.11 Å². The fraction of sp³-hybridized carbons (Fsp3) is 0.692. The molecule has 0 heterocycles. The summed E-state index contributed by atoms with van der Waals surface area (Å²) in [7, 11) is 3.25. The van der Waals surface area contributed by atoms with Crippen LogP contribution in [0.1, 0.15) is 26.2 Å². The average molecular weight is 226 g/mol. The summed E-state index contributed by atoms with van der Waals surface area (Å²) in [6.07, 6.45) is 6.93. The third-order valence-corrected chi connectivity index (χ3v) is 2.88. The summed E-state index contributed by atoms with van der Waals surface area (Å²) in [4.78, 5) is 0. The number of allylic oxidation sites excluding steroid dienone is 2. The molecule has 1 aliphatic carbocycles. The lowest BCUT2D eigenvalue weighted by Gasteiger charge is -2.32. The van der Waals surface area contributed by atoms with E-state index in [1.54, 1.807) is 14.2 Å². The van der Waals surface area contributed by atoms with E-state index in [-0.39, 0.29) is 0 Å². The lowest BCUT2D eigenvalue weighted by molar-refractivity contribution is -0.0106. The van der Waals surface area contributed by atoms with Crippen LogP contribution in [0.5, 0.6) is 0 Å². The molecule has 1 unspecified atom stereocenters. The van der Waals surface area contributed by atoms with Crippen molar-refractivity contribution in [2.75, 3.05) is 27.4 Å². The number of hydrogen-bond donors (Lipinski definition) is 1. The van der Waals surface area contributed by atoms with Gasteiger partial charge in [0.2, 0.25) is 0 Å². The standard InChI is InChI=1S/C13H22O3/c1-4-5-11-6-7-13(14,10-16-3)12(8-11)9-15-2/h6,8,14H,4-5,7,9-10H2,1-3H3. The molecule has 0 aromatic rings. The predicted molar refractivity (Wildman–Crippen MR) is 64.4 cm³/mol. The summed E-state index contributed by atoms with van der Waals surface area (Å²) in [5.41, 5.74) is 1.32. The summed E-state index contributed by atoms with van der Waals surface area (Å²) < 4.78 is 10.2. The van der Waals surface area contributed by atoms with E-state index in [1.165, 1.54) is 5.57 Å². The Morgan fingerprint density at radius 3 is 2.69 bits per heavy atom. The van der Waals surface area contributed by atoms with E-state index in [0.29, 0.717) is 19.6 Å². The van der Waals surface area contributed by atoms with Crippen molar-refractivity contribution in [3.05, 3.63) is 23.3 Å². The monoisotopic (exact) mass is 226 g/mol. The minimum absolute atomic E-state index is 0.318. The Morgan fingerprint density at radius 1 is 1.38 bits per heavy atom. The van der Waals surface area contributed by atoms with Gasteiger partial charge in [-0.3, -0.25) is 0 Å². The van der Waals surface area contributed by atoms with Crippen LogP contribution in [0.25, 0.3) is 0 Å². The van der Waals surface area contributed by atoms with Gasteiger partial charge in [0.05, 0.1) is 13.2 Å². The van der Waals surface area contributed by atoms with Gasteiger partial charge in [0.1, 0.15) is 5.60 Å². The molecule has 0 aromatic heterocycles. The second kappa shape index (κ2) is 6.18. The summed E-state index contributed by atoms with van der Waals surface area (Å²) in [6, 6.07) is 0. The van der Waals surface area contributed by atoms with Crippen LogP contribution in [0.4, 0.5) is 0 Å². The number of hydrogen-bond acceptors (Lipinski definition) is 3. The first-order valence-electron chi connectivity index (χ1n) is 5.76. The smallest absolute Gasteiger partial charge is 0.115 e. The van der Waals surface area contributed by atoms with Crippen LogP contribution in [-0.2, 0) is 9.47 Å². The van der Waals surface area contributed by atoms with Crippen molar-refractivity contribution in [2.45, 2.75) is 31.8 Å². The van der Waals surface area contributed by atoms with Gasteiger partial charge in [-0.25, -0.2) is 0 Å². The largest absolute Gasteiger partial charge is 0.383 e. The molecule has 0 spiro atoms. The van der Waals surface area contributed by atoms with E-state index in [0.717, 1.165) is 18.4 Å². The van der Waals surface area contributed by atoms with Crippen LogP contribution in [-0.4, -0.2) is 38.1 Å². The van der Waals surface area contributed by atoms with Crippen molar-refractivity contribution in [3.8, 4) is 0 Å². The maximum absolute atomic E-state index is 10.4. The molecule has 16 heavy (non-hydrogen) atoms. The Kier molecular flexibility index (Phi) is 5.19. The third-order valence-electron chi connectivity index (χ3n) is 2.88. The van der Waals surface area contributed by atoms with Crippen LogP contribution in [0.2, 0.25) is 0 Å². The van der Waals surface area contributed by atoms with Gasteiger partial charge in [0.25, 0.3) is 0 Å². The van der Waals surface area contributed by atoms with Gasteiger partial charge < -0.3 is 14.6 Å².